The van der Waals surface area contributed by atoms with Crippen LogP contribution in [0.2, 0.25) is 0 Å². The Bertz CT molecular complexity index is 239. The Labute approximate surface area is 77.9 Å². The summed E-state index contributed by atoms with van der Waals surface area (Å²) in [5.74, 6) is 0.378. The Morgan fingerprint density at radius 1 is 1.70 bits per heavy atom. The third-order valence-electron chi connectivity index (χ3n) is 1.10. The second-order valence-corrected chi connectivity index (χ2v) is 3.34. The number of alkyl halides is 1. The van der Waals surface area contributed by atoms with E-state index in [-0.39, 0.29) is 0 Å². The van der Waals surface area contributed by atoms with E-state index in [0.29, 0.717) is 11.6 Å². The average molecular weight is 268 g/mol. The number of anilines is 1. The highest BCUT2D eigenvalue weighted by Crippen LogP contribution is 2.13. The third kappa shape index (κ3) is 1.73. The second-order valence-electron chi connectivity index (χ2n) is 1.82. The van der Waals surface area contributed by atoms with Gasteiger partial charge in [-0.15, -0.1) is 11.6 Å². The molecule has 0 saturated carbocycles. The van der Waals surface area contributed by atoms with E-state index in [1.807, 2.05) is 6.07 Å². The average Bonchev–Trinajstić information content (AvgIpc) is 1.88. The first-order valence-electron chi connectivity index (χ1n) is 2.70. The molecular weight excluding hydrogens is 262 g/mol. The fraction of sp³-hybridized carbons (Fsp3) is 0.167. The summed E-state index contributed by atoms with van der Waals surface area (Å²) in [7, 11) is 0. The molecule has 0 amide bonds. The van der Waals surface area contributed by atoms with Gasteiger partial charge in [0, 0.05) is 9.77 Å². The maximum absolute atomic E-state index is 5.58. The molecule has 2 N–H and O–H groups in total. The van der Waals surface area contributed by atoms with Crippen molar-refractivity contribution in [2.45, 2.75) is 5.88 Å². The van der Waals surface area contributed by atoms with Crippen LogP contribution in [0, 0.1) is 3.57 Å². The highest BCUT2D eigenvalue weighted by Gasteiger charge is 1.97. The first-order chi connectivity index (χ1) is 4.74. The van der Waals surface area contributed by atoms with Crippen LogP contribution in [0.3, 0.4) is 0 Å². The minimum atomic E-state index is 0.378. The molecule has 0 atom stereocenters. The second kappa shape index (κ2) is 3.39. The monoisotopic (exact) mass is 268 g/mol. The summed E-state index contributed by atoms with van der Waals surface area (Å²) in [6.07, 6.45) is 1.74. The number of aromatic nitrogens is 1. The number of hydrogen-bond acceptors (Lipinski definition) is 2. The first-order valence-corrected chi connectivity index (χ1v) is 4.31. The maximum atomic E-state index is 5.58. The molecule has 0 fully saturated rings. The molecule has 0 unspecified atom stereocenters. The van der Waals surface area contributed by atoms with Crippen molar-refractivity contribution in [1.29, 1.82) is 0 Å². The number of nitrogens with zero attached hydrogens (tertiary/aromatic N) is 1. The smallest absolute Gasteiger partial charge is 0.0780 e. The summed E-state index contributed by atoms with van der Waals surface area (Å²) in [4.78, 5) is 4.03. The van der Waals surface area contributed by atoms with Gasteiger partial charge in [-0.1, -0.05) is 0 Å². The molecule has 0 aliphatic heterocycles. The predicted octanol–water partition coefficient (Wildman–Crippen LogP) is 2.01. The van der Waals surface area contributed by atoms with Gasteiger partial charge in [0.25, 0.3) is 0 Å². The summed E-state index contributed by atoms with van der Waals surface area (Å²) in [5.41, 5.74) is 7.00. The normalized spacial score (nSPS) is 9.80. The van der Waals surface area contributed by atoms with E-state index in [9.17, 15) is 0 Å². The van der Waals surface area contributed by atoms with Crippen LogP contribution in [0.15, 0.2) is 12.3 Å². The zero-order valence-electron chi connectivity index (χ0n) is 5.14. The Balaban J connectivity index is 3.07. The van der Waals surface area contributed by atoms with Gasteiger partial charge in [0.1, 0.15) is 0 Å². The number of nitrogen functional groups attached to an aromatic ring is 1. The highest BCUT2D eigenvalue weighted by atomic mass is 127. The van der Waals surface area contributed by atoms with E-state index in [2.05, 4.69) is 27.6 Å². The molecule has 0 saturated heterocycles. The lowest BCUT2D eigenvalue weighted by molar-refractivity contribution is 1.17. The van der Waals surface area contributed by atoms with Gasteiger partial charge in [-0.2, -0.15) is 0 Å². The van der Waals surface area contributed by atoms with E-state index in [4.69, 9.17) is 17.3 Å². The molecule has 0 aliphatic rings. The van der Waals surface area contributed by atoms with Crippen LogP contribution < -0.4 is 5.73 Å². The molecule has 1 aromatic heterocycles. The fourth-order valence-electron chi connectivity index (χ4n) is 0.595. The number of rotatable bonds is 1. The van der Waals surface area contributed by atoms with Crippen molar-refractivity contribution in [3.05, 3.63) is 21.5 Å². The van der Waals surface area contributed by atoms with Gasteiger partial charge in [-0.25, -0.2) is 0 Å². The molecule has 0 aromatic carbocycles. The maximum Gasteiger partial charge on any atom is 0.0780 e. The van der Waals surface area contributed by atoms with Gasteiger partial charge in [0.15, 0.2) is 0 Å². The van der Waals surface area contributed by atoms with Gasteiger partial charge < -0.3 is 5.73 Å². The Morgan fingerprint density at radius 3 is 2.90 bits per heavy atom. The summed E-state index contributed by atoms with van der Waals surface area (Å²) < 4.78 is 1.03. The van der Waals surface area contributed by atoms with Crippen molar-refractivity contribution in [3.63, 3.8) is 0 Å². The van der Waals surface area contributed by atoms with Gasteiger partial charge in [0.2, 0.25) is 0 Å². The quantitative estimate of drug-likeness (QED) is 0.625. The fourth-order valence-corrected chi connectivity index (χ4v) is 1.29. The minimum Gasteiger partial charge on any atom is -0.397 e. The van der Waals surface area contributed by atoms with Crippen molar-refractivity contribution in [2.75, 3.05) is 5.73 Å². The summed E-state index contributed by atoms with van der Waals surface area (Å²) >= 11 is 7.69. The molecule has 4 heteroatoms. The Kier molecular flexibility index (Phi) is 2.73. The lowest BCUT2D eigenvalue weighted by Gasteiger charge is -1.99. The Hall–Kier alpha value is -0.0300. The molecule has 0 spiro atoms. The van der Waals surface area contributed by atoms with Crippen LogP contribution in [0.1, 0.15) is 5.69 Å². The van der Waals surface area contributed by atoms with Crippen LogP contribution in [0.25, 0.3) is 0 Å². The number of pyridine rings is 1. The molecular formula is C6H6ClIN2. The van der Waals surface area contributed by atoms with E-state index >= 15 is 0 Å². The third-order valence-corrected chi connectivity index (χ3v) is 1.94. The van der Waals surface area contributed by atoms with Gasteiger partial charge in [0.05, 0.1) is 17.3 Å². The largest absolute Gasteiger partial charge is 0.397 e. The summed E-state index contributed by atoms with van der Waals surface area (Å²) in [6.45, 7) is 0. The molecule has 10 heavy (non-hydrogen) atoms. The standard InChI is InChI=1S/C6H6ClIN2/c7-2-6-5(9)1-4(8)3-10-6/h1,3H,2,9H2. The lowest BCUT2D eigenvalue weighted by Crippen LogP contribution is -1.95. The zero-order valence-corrected chi connectivity index (χ0v) is 8.06. The highest BCUT2D eigenvalue weighted by molar-refractivity contribution is 14.1. The molecule has 0 radical (unpaired) electrons. The number of halogens is 2. The van der Waals surface area contributed by atoms with Crippen LogP contribution in [-0.4, -0.2) is 4.98 Å². The minimum absolute atomic E-state index is 0.378. The molecule has 2 nitrogen and oxygen atoms in total. The molecule has 0 bridgehead atoms. The van der Waals surface area contributed by atoms with Crippen LogP contribution >= 0.6 is 34.2 Å². The van der Waals surface area contributed by atoms with E-state index in [1.54, 1.807) is 6.20 Å². The number of nitrogens with two attached hydrogens (primary N) is 1. The molecule has 1 heterocycles. The van der Waals surface area contributed by atoms with Crippen LogP contribution in [0.5, 0.6) is 0 Å². The van der Waals surface area contributed by atoms with E-state index in [1.165, 1.54) is 0 Å². The van der Waals surface area contributed by atoms with Crippen LogP contribution in [-0.2, 0) is 5.88 Å². The van der Waals surface area contributed by atoms with Crippen LogP contribution in [0.4, 0.5) is 5.69 Å². The molecule has 0 aliphatic carbocycles. The van der Waals surface area contributed by atoms with Gasteiger partial charge >= 0.3 is 0 Å². The van der Waals surface area contributed by atoms with Crippen molar-refractivity contribution in [3.8, 4) is 0 Å². The molecule has 54 valence electrons. The van der Waals surface area contributed by atoms with E-state index < -0.39 is 0 Å². The van der Waals surface area contributed by atoms with Crippen molar-refractivity contribution < 1.29 is 0 Å². The zero-order chi connectivity index (χ0) is 7.56. The number of hydrogen-bond donors (Lipinski definition) is 1. The summed E-state index contributed by atoms with van der Waals surface area (Å²) in [6, 6.07) is 1.85. The van der Waals surface area contributed by atoms with E-state index in [0.717, 1.165) is 9.26 Å². The first kappa shape index (κ1) is 8.07. The topological polar surface area (TPSA) is 38.9 Å². The van der Waals surface area contributed by atoms with Crippen molar-refractivity contribution in [1.82, 2.24) is 4.98 Å². The van der Waals surface area contributed by atoms with Crippen molar-refractivity contribution in [2.24, 2.45) is 0 Å². The predicted molar refractivity (Wildman–Crippen MR) is 50.9 cm³/mol. The molecule has 1 aromatic rings. The van der Waals surface area contributed by atoms with Gasteiger partial charge in [-0.05, 0) is 28.7 Å². The summed E-state index contributed by atoms with van der Waals surface area (Å²) in [5, 5.41) is 0. The SMILES string of the molecule is Nc1cc(I)cnc1CCl. The van der Waals surface area contributed by atoms with Crippen molar-refractivity contribution >= 4 is 39.9 Å². The lowest BCUT2D eigenvalue weighted by atomic mass is 10.3. The van der Waals surface area contributed by atoms with Gasteiger partial charge in [-0.3, -0.25) is 4.98 Å². The molecule has 1 rings (SSSR count). The Morgan fingerprint density at radius 2 is 2.40 bits per heavy atom.